The first-order valence-electron chi connectivity index (χ1n) is 8.79. The van der Waals surface area contributed by atoms with Crippen molar-refractivity contribution in [1.29, 1.82) is 0 Å². The van der Waals surface area contributed by atoms with Crippen molar-refractivity contribution in [3.8, 4) is 0 Å². The first-order chi connectivity index (χ1) is 11.9. The Bertz CT molecular complexity index is 744. The van der Waals surface area contributed by atoms with Crippen molar-refractivity contribution < 1.29 is 4.79 Å². The van der Waals surface area contributed by atoms with Gasteiger partial charge in [-0.05, 0) is 68.4 Å². The molecular formula is C21H27N3O. The van der Waals surface area contributed by atoms with Crippen LogP contribution in [0.3, 0.4) is 0 Å². The average molecular weight is 337 g/mol. The van der Waals surface area contributed by atoms with Crippen molar-refractivity contribution in [2.75, 3.05) is 40.0 Å². The number of nitrogens with zero attached hydrogens (tertiary/aromatic N) is 2. The molecule has 1 heterocycles. The van der Waals surface area contributed by atoms with E-state index >= 15 is 0 Å². The second-order valence-electron chi connectivity index (χ2n) is 7.29. The monoisotopic (exact) mass is 337 g/mol. The Morgan fingerprint density at radius 2 is 1.68 bits per heavy atom. The predicted octanol–water partition coefficient (Wildman–Crippen LogP) is 2.98. The van der Waals surface area contributed by atoms with Gasteiger partial charge in [-0.2, -0.15) is 0 Å². The highest BCUT2D eigenvalue weighted by atomic mass is 16.2. The van der Waals surface area contributed by atoms with Crippen molar-refractivity contribution in [1.82, 2.24) is 9.80 Å². The zero-order valence-corrected chi connectivity index (χ0v) is 15.3. The van der Waals surface area contributed by atoms with Gasteiger partial charge in [0.05, 0.1) is 0 Å². The average Bonchev–Trinajstić information content (AvgIpc) is 2.62. The van der Waals surface area contributed by atoms with E-state index in [4.69, 9.17) is 5.73 Å². The van der Waals surface area contributed by atoms with Crippen LogP contribution in [-0.2, 0) is 5.41 Å². The summed E-state index contributed by atoms with van der Waals surface area (Å²) in [6.45, 7) is 2.10. The van der Waals surface area contributed by atoms with Crippen molar-refractivity contribution >= 4 is 11.6 Å². The second kappa shape index (κ2) is 6.89. The van der Waals surface area contributed by atoms with Gasteiger partial charge in [0.2, 0.25) is 0 Å². The highest BCUT2D eigenvalue weighted by Crippen LogP contribution is 2.42. The van der Waals surface area contributed by atoms with Gasteiger partial charge in [-0.25, -0.2) is 0 Å². The molecule has 2 aromatic carbocycles. The lowest BCUT2D eigenvalue weighted by Gasteiger charge is -2.42. The fourth-order valence-electron chi connectivity index (χ4n) is 3.77. The fourth-order valence-corrected chi connectivity index (χ4v) is 3.77. The minimum absolute atomic E-state index is 0.0351. The van der Waals surface area contributed by atoms with Gasteiger partial charge in [0, 0.05) is 30.8 Å². The molecule has 4 heteroatoms. The number of nitrogens with two attached hydrogens (primary N) is 1. The Hall–Kier alpha value is -2.33. The van der Waals surface area contributed by atoms with E-state index in [1.54, 1.807) is 19.0 Å². The summed E-state index contributed by atoms with van der Waals surface area (Å²) in [6.07, 6.45) is 2.10. The summed E-state index contributed by atoms with van der Waals surface area (Å²) >= 11 is 0. The van der Waals surface area contributed by atoms with Crippen LogP contribution in [-0.4, -0.2) is 49.9 Å². The molecule has 1 fully saturated rings. The predicted molar refractivity (Wildman–Crippen MR) is 103 cm³/mol. The Morgan fingerprint density at radius 3 is 2.24 bits per heavy atom. The van der Waals surface area contributed by atoms with Gasteiger partial charge in [-0.15, -0.1) is 0 Å². The number of likely N-dealkylation sites (tertiary alicyclic amines) is 1. The first-order valence-corrected chi connectivity index (χ1v) is 8.79. The molecule has 0 bridgehead atoms. The maximum atomic E-state index is 12.2. The number of piperidine rings is 1. The number of benzene rings is 2. The molecule has 4 nitrogen and oxygen atoms in total. The molecular weight excluding hydrogens is 310 g/mol. The molecule has 25 heavy (non-hydrogen) atoms. The van der Waals surface area contributed by atoms with Crippen LogP contribution < -0.4 is 5.73 Å². The fraction of sp³-hybridized carbons (Fsp3) is 0.381. The summed E-state index contributed by atoms with van der Waals surface area (Å²) in [5.41, 5.74) is 10.1. The largest absolute Gasteiger partial charge is 0.399 e. The van der Waals surface area contributed by atoms with E-state index in [1.807, 2.05) is 24.3 Å². The lowest BCUT2D eigenvalue weighted by atomic mass is 9.68. The zero-order chi connectivity index (χ0) is 18.0. The molecule has 0 aliphatic carbocycles. The van der Waals surface area contributed by atoms with Crippen LogP contribution >= 0.6 is 0 Å². The van der Waals surface area contributed by atoms with Crippen LogP contribution in [0, 0.1) is 0 Å². The Kier molecular flexibility index (Phi) is 4.82. The number of hydrogen-bond donors (Lipinski definition) is 1. The third kappa shape index (κ3) is 3.40. The van der Waals surface area contributed by atoms with E-state index in [9.17, 15) is 4.79 Å². The summed E-state index contributed by atoms with van der Waals surface area (Å²) in [5.74, 6) is 0.0351. The van der Waals surface area contributed by atoms with Crippen molar-refractivity contribution in [2.24, 2.45) is 0 Å². The number of anilines is 1. The minimum Gasteiger partial charge on any atom is -0.399 e. The molecule has 1 amide bonds. The number of nitrogen functional groups attached to an aromatic ring is 1. The molecule has 1 aliphatic heterocycles. The summed E-state index contributed by atoms with van der Waals surface area (Å²) in [7, 11) is 5.73. The molecule has 2 N–H and O–H groups in total. The molecule has 0 atom stereocenters. The standard InChI is InChI=1S/C21H27N3O/c1-23(2)20(25)16-7-9-17(10-8-16)21(11-13-24(3)14-12-21)18-5-4-6-19(22)15-18/h4-10,15H,11-14,22H2,1-3H3. The second-order valence-corrected chi connectivity index (χ2v) is 7.29. The number of carbonyl (C=O) groups excluding carboxylic acids is 1. The van der Waals surface area contributed by atoms with E-state index in [1.165, 1.54) is 11.1 Å². The molecule has 2 aromatic rings. The summed E-state index contributed by atoms with van der Waals surface area (Å²) in [4.78, 5) is 16.2. The van der Waals surface area contributed by atoms with Gasteiger partial charge in [0.15, 0.2) is 0 Å². The molecule has 3 rings (SSSR count). The summed E-state index contributed by atoms with van der Waals surface area (Å²) < 4.78 is 0. The number of amides is 1. The van der Waals surface area contributed by atoms with E-state index in [2.05, 4.69) is 36.2 Å². The van der Waals surface area contributed by atoms with Gasteiger partial charge < -0.3 is 15.5 Å². The van der Waals surface area contributed by atoms with Gasteiger partial charge in [-0.3, -0.25) is 4.79 Å². The van der Waals surface area contributed by atoms with Crippen LogP contribution in [0.15, 0.2) is 48.5 Å². The topological polar surface area (TPSA) is 49.6 Å². The van der Waals surface area contributed by atoms with Crippen molar-refractivity contribution in [2.45, 2.75) is 18.3 Å². The number of rotatable bonds is 3. The molecule has 0 unspecified atom stereocenters. The van der Waals surface area contributed by atoms with Crippen LogP contribution in [0.25, 0.3) is 0 Å². The Balaban J connectivity index is 2.02. The van der Waals surface area contributed by atoms with E-state index in [0.29, 0.717) is 0 Å². The van der Waals surface area contributed by atoms with Crippen LogP contribution in [0.4, 0.5) is 5.69 Å². The molecule has 0 spiro atoms. The highest BCUT2D eigenvalue weighted by Gasteiger charge is 2.37. The lowest BCUT2D eigenvalue weighted by Crippen LogP contribution is -2.41. The van der Waals surface area contributed by atoms with Crippen LogP contribution in [0.5, 0.6) is 0 Å². The minimum atomic E-state index is -0.0401. The quantitative estimate of drug-likeness (QED) is 0.876. The maximum absolute atomic E-state index is 12.2. The van der Waals surface area contributed by atoms with Gasteiger partial charge >= 0.3 is 0 Å². The highest BCUT2D eigenvalue weighted by molar-refractivity contribution is 5.93. The Morgan fingerprint density at radius 1 is 1.04 bits per heavy atom. The van der Waals surface area contributed by atoms with Gasteiger partial charge in [-0.1, -0.05) is 24.3 Å². The van der Waals surface area contributed by atoms with E-state index in [-0.39, 0.29) is 11.3 Å². The van der Waals surface area contributed by atoms with Gasteiger partial charge in [0.1, 0.15) is 0 Å². The van der Waals surface area contributed by atoms with E-state index in [0.717, 1.165) is 37.2 Å². The normalized spacial score (nSPS) is 17.2. The molecule has 0 saturated carbocycles. The smallest absolute Gasteiger partial charge is 0.253 e. The number of hydrogen-bond acceptors (Lipinski definition) is 3. The summed E-state index contributed by atoms with van der Waals surface area (Å²) in [5, 5.41) is 0. The maximum Gasteiger partial charge on any atom is 0.253 e. The van der Waals surface area contributed by atoms with Crippen LogP contribution in [0.2, 0.25) is 0 Å². The van der Waals surface area contributed by atoms with Crippen molar-refractivity contribution in [3.05, 3.63) is 65.2 Å². The third-order valence-corrected chi connectivity index (χ3v) is 5.37. The van der Waals surface area contributed by atoms with Crippen molar-refractivity contribution in [3.63, 3.8) is 0 Å². The third-order valence-electron chi connectivity index (χ3n) is 5.37. The number of carbonyl (C=O) groups is 1. The molecule has 0 aromatic heterocycles. The molecule has 1 aliphatic rings. The Labute approximate surface area is 150 Å². The zero-order valence-electron chi connectivity index (χ0n) is 15.3. The lowest BCUT2D eigenvalue weighted by molar-refractivity contribution is 0.0827. The molecule has 132 valence electrons. The van der Waals surface area contributed by atoms with Gasteiger partial charge in [0.25, 0.3) is 5.91 Å². The molecule has 1 saturated heterocycles. The summed E-state index contributed by atoms with van der Waals surface area (Å²) in [6, 6.07) is 16.4. The van der Waals surface area contributed by atoms with Crippen LogP contribution in [0.1, 0.15) is 34.3 Å². The SMILES string of the molecule is CN1CCC(c2ccc(C(=O)N(C)C)cc2)(c2cccc(N)c2)CC1. The molecule has 0 radical (unpaired) electrons. The first kappa shape index (κ1) is 17.5. The van der Waals surface area contributed by atoms with E-state index < -0.39 is 0 Å².